The van der Waals surface area contributed by atoms with E-state index in [0.717, 1.165) is 17.7 Å². The monoisotopic (exact) mass is 342 g/mol. The third-order valence-electron chi connectivity index (χ3n) is 4.36. The maximum Gasteiger partial charge on any atom is 0.244 e. The number of sulfonamides is 1. The van der Waals surface area contributed by atoms with E-state index in [2.05, 4.69) is 0 Å². The van der Waals surface area contributed by atoms with Crippen molar-refractivity contribution >= 4 is 10.0 Å². The van der Waals surface area contributed by atoms with Crippen LogP contribution in [-0.4, -0.2) is 32.9 Å². The SMILES string of the molecule is COc1ccc(C2CCN(S(=O)(=O)c3ccccc3C#N)C2)cc1. The molecule has 2 aromatic rings. The van der Waals surface area contributed by atoms with Gasteiger partial charge in [0.25, 0.3) is 0 Å². The number of hydrogen-bond acceptors (Lipinski definition) is 4. The number of hydrogen-bond donors (Lipinski definition) is 0. The first kappa shape index (κ1) is 16.5. The average molecular weight is 342 g/mol. The van der Waals surface area contributed by atoms with E-state index in [-0.39, 0.29) is 16.4 Å². The van der Waals surface area contributed by atoms with Crippen LogP contribution < -0.4 is 4.74 Å². The molecule has 1 aliphatic heterocycles. The van der Waals surface area contributed by atoms with Gasteiger partial charge < -0.3 is 4.74 Å². The van der Waals surface area contributed by atoms with Crippen molar-refractivity contribution < 1.29 is 13.2 Å². The zero-order valence-corrected chi connectivity index (χ0v) is 14.2. The van der Waals surface area contributed by atoms with E-state index < -0.39 is 10.0 Å². The zero-order chi connectivity index (χ0) is 17.2. The Morgan fingerprint density at radius 1 is 1.17 bits per heavy atom. The lowest BCUT2D eigenvalue weighted by Gasteiger charge is -2.17. The summed E-state index contributed by atoms with van der Waals surface area (Å²) in [5.41, 5.74) is 1.28. The molecule has 0 aromatic heterocycles. The van der Waals surface area contributed by atoms with Crippen molar-refractivity contribution in [3.8, 4) is 11.8 Å². The second-order valence-electron chi connectivity index (χ2n) is 5.73. The Morgan fingerprint density at radius 3 is 2.54 bits per heavy atom. The molecule has 3 rings (SSSR count). The summed E-state index contributed by atoms with van der Waals surface area (Å²) < 4.78 is 32.3. The minimum atomic E-state index is -3.65. The molecule has 0 aliphatic carbocycles. The molecule has 6 heteroatoms. The minimum Gasteiger partial charge on any atom is -0.497 e. The van der Waals surface area contributed by atoms with Crippen LogP contribution in [0.3, 0.4) is 0 Å². The molecule has 0 radical (unpaired) electrons. The van der Waals surface area contributed by atoms with Gasteiger partial charge in [0.15, 0.2) is 0 Å². The number of nitrogens with zero attached hydrogens (tertiary/aromatic N) is 2. The molecule has 1 fully saturated rings. The molecular weight excluding hydrogens is 324 g/mol. The Labute approximate surface area is 142 Å². The molecule has 5 nitrogen and oxygen atoms in total. The molecular formula is C18H18N2O3S. The van der Waals surface area contributed by atoms with Gasteiger partial charge in [-0.2, -0.15) is 9.57 Å². The second-order valence-corrected chi connectivity index (χ2v) is 7.64. The number of nitriles is 1. The fraction of sp³-hybridized carbons (Fsp3) is 0.278. The van der Waals surface area contributed by atoms with Crippen LogP contribution in [0.25, 0.3) is 0 Å². The molecule has 1 unspecified atom stereocenters. The van der Waals surface area contributed by atoms with Crippen molar-refractivity contribution in [3.05, 3.63) is 59.7 Å². The van der Waals surface area contributed by atoms with Crippen LogP contribution in [0.5, 0.6) is 5.75 Å². The van der Waals surface area contributed by atoms with Gasteiger partial charge in [0.1, 0.15) is 11.8 Å². The van der Waals surface area contributed by atoms with Crippen molar-refractivity contribution in [2.24, 2.45) is 0 Å². The quantitative estimate of drug-likeness (QED) is 0.856. The van der Waals surface area contributed by atoms with Crippen LogP contribution in [0.4, 0.5) is 0 Å². The first-order chi connectivity index (χ1) is 11.6. The summed E-state index contributed by atoms with van der Waals surface area (Å²) in [5.74, 6) is 0.934. The highest BCUT2D eigenvalue weighted by Gasteiger charge is 2.34. The number of ether oxygens (including phenoxy) is 1. The summed E-state index contributed by atoms with van der Waals surface area (Å²) in [6.45, 7) is 0.882. The average Bonchev–Trinajstić information content (AvgIpc) is 3.12. The molecule has 1 aliphatic rings. The van der Waals surface area contributed by atoms with Crippen LogP contribution in [-0.2, 0) is 10.0 Å². The molecule has 1 heterocycles. The smallest absolute Gasteiger partial charge is 0.244 e. The highest BCUT2D eigenvalue weighted by Crippen LogP contribution is 2.32. The first-order valence-corrected chi connectivity index (χ1v) is 9.13. The Balaban J connectivity index is 1.83. The lowest BCUT2D eigenvalue weighted by Crippen LogP contribution is -2.29. The standard InChI is InChI=1S/C18H18N2O3S/c1-23-17-8-6-14(7-9-17)16-10-11-20(13-16)24(21,22)18-5-3-2-4-15(18)12-19/h2-9,16H,10-11,13H2,1H3. The molecule has 24 heavy (non-hydrogen) atoms. The highest BCUT2D eigenvalue weighted by molar-refractivity contribution is 7.89. The third kappa shape index (κ3) is 3.01. The molecule has 2 aromatic carbocycles. The third-order valence-corrected chi connectivity index (χ3v) is 6.29. The van der Waals surface area contributed by atoms with Crippen LogP contribution in [0.1, 0.15) is 23.5 Å². The summed E-state index contributed by atoms with van der Waals surface area (Å²) in [6.07, 6.45) is 0.764. The van der Waals surface area contributed by atoms with E-state index in [9.17, 15) is 8.42 Å². The Hall–Kier alpha value is -2.36. The van der Waals surface area contributed by atoms with Gasteiger partial charge in [-0.25, -0.2) is 8.42 Å². The van der Waals surface area contributed by atoms with Crippen molar-refractivity contribution in [1.29, 1.82) is 5.26 Å². The van der Waals surface area contributed by atoms with E-state index >= 15 is 0 Å². The van der Waals surface area contributed by atoms with Crippen LogP contribution in [0.2, 0.25) is 0 Å². The number of methoxy groups -OCH3 is 1. The van der Waals surface area contributed by atoms with E-state index in [0.29, 0.717) is 13.1 Å². The Bertz CT molecular complexity index is 870. The molecule has 0 bridgehead atoms. The number of benzene rings is 2. The number of rotatable bonds is 4. The fourth-order valence-corrected chi connectivity index (χ4v) is 4.66. The van der Waals surface area contributed by atoms with Gasteiger partial charge in [0.05, 0.1) is 17.6 Å². The molecule has 1 saturated heterocycles. The predicted octanol–water partition coefficient (Wildman–Crippen LogP) is 2.75. The maximum absolute atomic E-state index is 12.8. The summed E-state index contributed by atoms with van der Waals surface area (Å²) in [4.78, 5) is 0.0860. The van der Waals surface area contributed by atoms with Gasteiger partial charge >= 0.3 is 0 Å². The van der Waals surface area contributed by atoms with Gasteiger partial charge in [-0.3, -0.25) is 0 Å². The molecule has 0 spiro atoms. The second kappa shape index (κ2) is 6.63. The largest absolute Gasteiger partial charge is 0.497 e. The van der Waals surface area contributed by atoms with Gasteiger partial charge in [-0.15, -0.1) is 0 Å². The Kier molecular flexibility index (Phi) is 4.56. The van der Waals surface area contributed by atoms with Crippen molar-refractivity contribution in [2.45, 2.75) is 17.2 Å². The lowest BCUT2D eigenvalue weighted by atomic mass is 9.99. The fourth-order valence-electron chi connectivity index (χ4n) is 3.02. The van der Waals surface area contributed by atoms with Crippen LogP contribution in [0.15, 0.2) is 53.4 Å². The van der Waals surface area contributed by atoms with E-state index in [1.807, 2.05) is 30.3 Å². The van der Waals surface area contributed by atoms with Crippen molar-refractivity contribution in [1.82, 2.24) is 4.31 Å². The highest BCUT2D eigenvalue weighted by atomic mass is 32.2. The van der Waals surface area contributed by atoms with Crippen LogP contribution in [0, 0.1) is 11.3 Å². The first-order valence-electron chi connectivity index (χ1n) is 7.69. The Morgan fingerprint density at radius 2 is 1.88 bits per heavy atom. The predicted molar refractivity (Wildman–Crippen MR) is 90.3 cm³/mol. The minimum absolute atomic E-state index is 0.0860. The molecule has 1 atom stereocenters. The normalized spacial score (nSPS) is 18.2. The summed E-state index contributed by atoms with van der Waals surface area (Å²) in [7, 11) is -2.03. The van der Waals surface area contributed by atoms with Crippen molar-refractivity contribution in [3.63, 3.8) is 0 Å². The summed E-state index contributed by atoms with van der Waals surface area (Å²) in [6, 6.07) is 16.0. The van der Waals surface area contributed by atoms with E-state index in [1.165, 1.54) is 16.4 Å². The van der Waals surface area contributed by atoms with Crippen molar-refractivity contribution in [2.75, 3.05) is 20.2 Å². The molecule has 0 N–H and O–H groups in total. The summed E-state index contributed by atoms with van der Waals surface area (Å²) >= 11 is 0. The molecule has 124 valence electrons. The van der Waals surface area contributed by atoms with E-state index in [1.54, 1.807) is 19.2 Å². The van der Waals surface area contributed by atoms with Gasteiger partial charge in [-0.1, -0.05) is 24.3 Å². The molecule has 0 saturated carbocycles. The van der Waals surface area contributed by atoms with Gasteiger partial charge in [0, 0.05) is 13.1 Å². The lowest BCUT2D eigenvalue weighted by molar-refractivity contribution is 0.414. The topological polar surface area (TPSA) is 70.4 Å². The van der Waals surface area contributed by atoms with E-state index in [4.69, 9.17) is 10.00 Å². The zero-order valence-electron chi connectivity index (χ0n) is 13.3. The van der Waals surface area contributed by atoms with Gasteiger partial charge in [0.2, 0.25) is 10.0 Å². The van der Waals surface area contributed by atoms with Gasteiger partial charge in [-0.05, 0) is 42.2 Å². The summed E-state index contributed by atoms with van der Waals surface area (Å²) in [5, 5.41) is 9.16. The maximum atomic E-state index is 12.8. The molecule has 0 amide bonds. The van der Waals surface area contributed by atoms with Crippen LogP contribution >= 0.6 is 0 Å².